The maximum atomic E-state index is 10.7. The lowest BCUT2D eigenvalue weighted by Gasteiger charge is -1.93. The van der Waals surface area contributed by atoms with E-state index in [1.54, 1.807) is 6.08 Å². The first kappa shape index (κ1) is 10.7. The zero-order valence-electron chi connectivity index (χ0n) is 6.63. The van der Waals surface area contributed by atoms with Gasteiger partial charge in [0.05, 0.1) is 4.91 Å². The van der Waals surface area contributed by atoms with E-state index in [0.717, 1.165) is 5.57 Å². The molecule has 0 heterocycles. The molecule has 0 bridgehead atoms. The van der Waals surface area contributed by atoms with E-state index in [1.165, 1.54) is 6.08 Å². The third kappa shape index (κ3) is 4.17. The molecule has 0 amide bonds. The van der Waals surface area contributed by atoms with Gasteiger partial charge in [-0.05, 0) is 30.6 Å². The van der Waals surface area contributed by atoms with Crippen molar-refractivity contribution in [3.8, 4) is 0 Å². The smallest absolute Gasteiger partial charge is 0.147 e. The number of hydrogen-bond acceptors (Lipinski definition) is 1. The summed E-state index contributed by atoms with van der Waals surface area (Å²) in [6.07, 6.45) is 5.15. The quantitative estimate of drug-likeness (QED) is 0.494. The Kier molecular flexibility index (Phi) is 5.16. The molecule has 1 nitrogen and oxygen atoms in total. The van der Waals surface area contributed by atoms with Crippen LogP contribution in [0.15, 0.2) is 35.3 Å². The minimum Gasteiger partial charge on any atom is -0.237 e. The molecule has 0 aliphatic rings. The number of rotatable bonds is 3. The summed E-state index contributed by atoms with van der Waals surface area (Å²) in [7, 11) is 3.90. The van der Waals surface area contributed by atoms with Gasteiger partial charge in [-0.1, -0.05) is 24.3 Å². The van der Waals surface area contributed by atoms with Crippen LogP contribution >= 0.6 is 10.7 Å². The molecule has 0 radical (unpaired) electrons. The van der Waals surface area contributed by atoms with Crippen molar-refractivity contribution in [3.05, 3.63) is 35.3 Å². The molecule has 0 saturated heterocycles. The fourth-order valence-corrected chi connectivity index (χ4v) is 1.21. The summed E-state index contributed by atoms with van der Waals surface area (Å²) in [4.78, 5) is 0.544. The van der Waals surface area contributed by atoms with Crippen molar-refractivity contribution in [1.82, 2.24) is 0 Å². The van der Waals surface area contributed by atoms with Gasteiger partial charge in [-0.25, -0.2) is 4.21 Å². The molecule has 0 saturated carbocycles. The van der Waals surface area contributed by atoms with E-state index in [9.17, 15) is 4.21 Å². The summed E-state index contributed by atoms with van der Waals surface area (Å²) < 4.78 is 10.7. The van der Waals surface area contributed by atoms with Crippen molar-refractivity contribution in [2.75, 3.05) is 0 Å². The van der Waals surface area contributed by atoms with E-state index < -0.39 is 10.0 Å². The second kappa shape index (κ2) is 5.33. The first-order chi connectivity index (χ1) is 5.11. The Hall–Kier alpha value is -0.340. The zero-order chi connectivity index (χ0) is 8.85. The molecule has 0 aliphatic heterocycles. The Morgan fingerprint density at radius 1 is 1.64 bits per heavy atom. The summed E-state index contributed by atoms with van der Waals surface area (Å²) in [5.74, 6) is 0. The zero-order valence-corrected chi connectivity index (χ0v) is 8.21. The Labute approximate surface area is 74.4 Å². The highest BCUT2D eigenvalue weighted by molar-refractivity contribution is 8.11. The summed E-state index contributed by atoms with van der Waals surface area (Å²) in [6, 6.07) is 0. The fraction of sp³-hybridized carbons (Fsp3) is 0.250. The van der Waals surface area contributed by atoms with Crippen LogP contribution in [0.4, 0.5) is 0 Å². The van der Waals surface area contributed by atoms with Gasteiger partial charge in [-0.2, -0.15) is 0 Å². The lowest BCUT2D eigenvalue weighted by molar-refractivity contribution is 0.695. The van der Waals surface area contributed by atoms with Gasteiger partial charge in [0.15, 0.2) is 0 Å². The molecule has 11 heavy (non-hydrogen) atoms. The minimum atomic E-state index is -1.45. The summed E-state index contributed by atoms with van der Waals surface area (Å²) in [6.45, 7) is 7.31. The van der Waals surface area contributed by atoms with Crippen LogP contribution < -0.4 is 0 Å². The maximum absolute atomic E-state index is 10.7. The predicted octanol–water partition coefficient (Wildman–Crippen LogP) is 2.93. The predicted molar refractivity (Wildman–Crippen MR) is 51.7 cm³/mol. The van der Waals surface area contributed by atoms with Gasteiger partial charge in [0.1, 0.15) is 10.0 Å². The van der Waals surface area contributed by atoms with Gasteiger partial charge in [0.2, 0.25) is 0 Å². The molecule has 1 atom stereocenters. The molecule has 0 aliphatic carbocycles. The first-order valence-corrected chi connectivity index (χ1v) is 5.14. The number of allylic oxidation sites excluding steroid dienone is 4. The van der Waals surface area contributed by atoms with Gasteiger partial charge in [0, 0.05) is 0 Å². The summed E-state index contributed by atoms with van der Waals surface area (Å²) >= 11 is 0. The van der Waals surface area contributed by atoms with Crippen LogP contribution in [0.25, 0.3) is 0 Å². The highest BCUT2D eigenvalue weighted by atomic mass is 35.7. The molecule has 0 aromatic heterocycles. The van der Waals surface area contributed by atoms with Gasteiger partial charge in [0.25, 0.3) is 0 Å². The molecule has 0 aromatic carbocycles. The first-order valence-electron chi connectivity index (χ1n) is 3.17. The fourth-order valence-electron chi connectivity index (χ4n) is 0.478. The number of halogens is 1. The minimum absolute atomic E-state index is 0.544. The molecule has 0 spiro atoms. The Balaban J connectivity index is 4.62. The Bertz CT molecular complexity index is 228. The van der Waals surface area contributed by atoms with E-state index in [2.05, 4.69) is 6.58 Å². The normalized spacial score (nSPS) is 16.3. The molecule has 0 rings (SSSR count). The van der Waals surface area contributed by atoms with Crippen molar-refractivity contribution >= 4 is 20.7 Å². The largest absolute Gasteiger partial charge is 0.237 e. The van der Waals surface area contributed by atoms with Crippen molar-refractivity contribution in [3.63, 3.8) is 0 Å². The van der Waals surface area contributed by atoms with Crippen molar-refractivity contribution < 1.29 is 4.21 Å². The van der Waals surface area contributed by atoms with Crippen LogP contribution in [0.5, 0.6) is 0 Å². The topological polar surface area (TPSA) is 17.1 Å². The molecule has 0 aromatic rings. The van der Waals surface area contributed by atoms with E-state index in [1.807, 2.05) is 19.9 Å². The molecule has 62 valence electrons. The monoisotopic (exact) mass is 190 g/mol. The van der Waals surface area contributed by atoms with E-state index >= 15 is 0 Å². The second-order valence-corrected chi connectivity index (χ2v) is 3.77. The standard InChI is InChI=1S/C8H11ClOS/c1-4-7(3)6-8(5-2)11(9)10/h4-6H,2H2,1,3H3/b7-4-,8-6+. The highest BCUT2D eigenvalue weighted by Crippen LogP contribution is 2.10. The molecule has 3 heteroatoms. The average Bonchev–Trinajstić information content (AvgIpc) is 1.99. The van der Waals surface area contributed by atoms with Crippen LogP contribution in [0.1, 0.15) is 13.8 Å². The van der Waals surface area contributed by atoms with Crippen LogP contribution in [0.2, 0.25) is 0 Å². The molecular formula is C8H11ClOS. The maximum Gasteiger partial charge on any atom is 0.147 e. The van der Waals surface area contributed by atoms with Gasteiger partial charge in [-0.3, -0.25) is 0 Å². The third-order valence-electron chi connectivity index (χ3n) is 1.21. The van der Waals surface area contributed by atoms with E-state index in [0.29, 0.717) is 4.91 Å². The molecule has 0 fully saturated rings. The lowest BCUT2D eigenvalue weighted by atomic mass is 10.2. The van der Waals surface area contributed by atoms with Crippen LogP contribution in [-0.2, 0) is 10.0 Å². The second-order valence-electron chi connectivity index (χ2n) is 2.01. The molecule has 0 N–H and O–H groups in total. The third-order valence-corrected chi connectivity index (χ3v) is 2.40. The Morgan fingerprint density at radius 3 is 2.45 bits per heavy atom. The van der Waals surface area contributed by atoms with Crippen molar-refractivity contribution in [1.29, 1.82) is 0 Å². The van der Waals surface area contributed by atoms with Crippen LogP contribution in [0.3, 0.4) is 0 Å². The van der Waals surface area contributed by atoms with Crippen LogP contribution in [-0.4, -0.2) is 4.21 Å². The van der Waals surface area contributed by atoms with E-state index in [-0.39, 0.29) is 0 Å². The van der Waals surface area contributed by atoms with Crippen LogP contribution in [0, 0.1) is 0 Å². The molecule has 1 unspecified atom stereocenters. The SMILES string of the molecule is C=C/C(=C\C(C)=C/C)S(=O)Cl. The molecular weight excluding hydrogens is 180 g/mol. The van der Waals surface area contributed by atoms with Crippen molar-refractivity contribution in [2.24, 2.45) is 0 Å². The Morgan fingerprint density at radius 2 is 2.18 bits per heavy atom. The van der Waals surface area contributed by atoms with Gasteiger partial charge in [-0.15, -0.1) is 0 Å². The average molecular weight is 191 g/mol. The summed E-state index contributed by atoms with van der Waals surface area (Å²) in [5.41, 5.74) is 1.02. The van der Waals surface area contributed by atoms with Gasteiger partial charge < -0.3 is 0 Å². The van der Waals surface area contributed by atoms with E-state index in [4.69, 9.17) is 10.7 Å². The summed E-state index contributed by atoms with van der Waals surface area (Å²) in [5, 5.41) is 0. The van der Waals surface area contributed by atoms with Gasteiger partial charge >= 0.3 is 0 Å². The number of hydrogen-bond donors (Lipinski definition) is 0. The van der Waals surface area contributed by atoms with Crippen molar-refractivity contribution in [2.45, 2.75) is 13.8 Å². The lowest BCUT2D eigenvalue weighted by Crippen LogP contribution is -1.82. The highest BCUT2D eigenvalue weighted by Gasteiger charge is 1.97.